The fourth-order valence-corrected chi connectivity index (χ4v) is 0.841. The van der Waals surface area contributed by atoms with Gasteiger partial charge in [-0.25, -0.2) is 0 Å². The first-order valence-corrected chi connectivity index (χ1v) is 4.68. The zero-order chi connectivity index (χ0) is 12.6. The summed E-state index contributed by atoms with van der Waals surface area (Å²) in [6.07, 6.45) is -0.779. The van der Waals surface area contributed by atoms with Gasteiger partial charge in [-0.3, -0.25) is 9.59 Å². The van der Waals surface area contributed by atoms with E-state index in [1.54, 1.807) is 0 Å². The van der Waals surface area contributed by atoms with E-state index in [4.69, 9.17) is 0 Å². The lowest BCUT2D eigenvalue weighted by molar-refractivity contribution is -0.145. The monoisotopic (exact) mass is 228 g/mol. The molecule has 0 aromatic carbocycles. The fraction of sp³-hybridized carbons (Fsp3) is 0.400. The number of rotatable bonds is 7. The summed E-state index contributed by atoms with van der Waals surface area (Å²) in [4.78, 5) is 22.3. The van der Waals surface area contributed by atoms with E-state index in [9.17, 15) is 19.8 Å². The number of hydrogen-bond donors (Lipinski definition) is 4. The SMILES string of the molecule is C=CCNC(=O)[C@@H](O)[C@@H](O)C(=O)NCC=C. The van der Waals surface area contributed by atoms with Gasteiger partial charge in [0.15, 0.2) is 12.2 Å². The minimum Gasteiger partial charge on any atom is -0.380 e. The van der Waals surface area contributed by atoms with Crippen LogP contribution in [0.2, 0.25) is 0 Å². The second-order valence-corrected chi connectivity index (χ2v) is 2.96. The molecule has 0 aliphatic heterocycles. The Hall–Kier alpha value is -1.66. The highest BCUT2D eigenvalue weighted by molar-refractivity contribution is 5.90. The quantitative estimate of drug-likeness (QED) is 0.391. The molecule has 0 heterocycles. The molecule has 0 bridgehead atoms. The van der Waals surface area contributed by atoms with E-state index >= 15 is 0 Å². The normalized spacial score (nSPS) is 13.4. The molecule has 90 valence electrons. The molecule has 0 aromatic heterocycles. The van der Waals surface area contributed by atoms with Crippen LogP contribution < -0.4 is 10.6 Å². The van der Waals surface area contributed by atoms with Gasteiger partial charge in [0, 0.05) is 13.1 Å². The smallest absolute Gasteiger partial charge is 0.252 e. The second-order valence-electron chi connectivity index (χ2n) is 2.96. The molecule has 0 saturated carbocycles. The second kappa shape index (κ2) is 7.61. The van der Waals surface area contributed by atoms with Crippen molar-refractivity contribution >= 4 is 11.8 Å². The Morgan fingerprint density at radius 2 is 1.31 bits per heavy atom. The molecule has 6 heteroatoms. The molecule has 0 rings (SSSR count). The van der Waals surface area contributed by atoms with Crippen LogP contribution in [0.1, 0.15) is 0 Å². The van der Waals surface area contributed by atoms with Crippen molar-refractivity contribution in [2.24, 2.45) is 0 Å². The Bertz CT molecular complexity index is 250. The van der Waals surface area contributed by atoms with Gasteiger partial charge < -0.3 is 20.8 Å². The van der Waals surface area contributed by atoms with Crippen LogP contribution in [0, 0.1) is 0 Å². The van der Waals surface area contributed by atoms with Crippen molar-refractivity contribution < 1.29 is 19.8 Å². The van der Waals surface area contributed by atoms with Crippen LogP contribution in [0.3, 0.4) is 0 Å². The Labute approximate surface area is 93.7 Å². The molecule has 16 heavy (non-hydrogen) atoms. The standard InChI is InChI=1S/C10H16N2O4/c1-3-5-11-9(15)7(13)8(14)10(16)12-6-4-2/h3-4,7-8,13-14H,1-2,5-6H2,(H,11,15)(H,12,16)/t7-,8+. The number of amides is 2. The average molecular weight is 228 g/mol. The summed E-state index contributed by atoms with van der Waals surface area (Å²) in [5.74, 6) is -1.66. The maximum atomic E-state index is 11.2. The van der Waals surface area contributed by atoms with Gasteiger partial charge in [0.25, 0.3) is 11.8 Å². The number of carbonyl (C=O) groups is 2. The summed E-state index contributed by atoms with van der Waals surface area (Å²) < 4.78 is 0. The number of carbonyl (C=O) groups excluding carboxylic acids is 2. The van der Waals surface area contributed by atoms with Gasteiger partial charge in [-0.05, 0) is 0 Å². The van der Waals surface area contributed by atoms with E-state index in [2.05, 4.69) is 23.8 Å². The van der Waals surface area contributed by atoms with E-state index in [-0.39, 0.29) is 13.1 Å². The predicted octanol–water partition coefficient (Wildman–Crippen LogP) is -1.69. The number of nitrogens with one attached hydrogen (secondary N) is 2. The molecular formula is C10H16N2O4. The largest absolute Gasteiger partial charge is 0.380 e. The zero-order valence-corrected chi connectivity index (χ0v) is 8.85. The Morgan fingerprint density at radius 1 is 1.00 bits per heavy atom. The first-order chi connectivity index (χ1) is 7.54. The first-order valence-electron chi connectivity index (χ1n) is 4.68. The summed E-state index contributed by atoms with van der Waals surface area (Å²) in [5.41, 5.74) is 0. The Balaban J connectivity index is 4.19. The molecule has 0 aliphatic carbocycles. The first kappa shape index (κ1) is 14.3. The summed E-state index contributed by atoms with van der Waals surface area (Å²) >= 11 is 0. The molecule has 4 N–H and O–H groups in total. The van der Waals surface area contributed by atoms with Gasteiger partial charge in [0.2, 0.25) is 0 Å². The van der Waals surface area contributed by atoms with Gasteiger partial charge in [-0.2, -0.15) is 0 Å². The predicted molar refractivity (Wildman–Crippen MR) is 58.4 cm³/mol. The Kier molecular flexibility index (Phi) is 6.82. The number of aliphatic hydroxyl groups excluding tert-OH is 2. The highest BCUT2D eigenvalue weighted by atomic mass is 16.3. The lowest BCUT2D eigenvalue weighted by Crippen LogP contribution is -2.49. The van der Waals surface area contributed by atoms with Crippen molar-refractivity contribution in [1.29, 1.82) is 0 Å². The van der Waals surface area contributed by atoms with Gasteiger partial charge in [0.1, 0.15) is 0 Å². The minimum atomic E-state index is -1.80. The highest BCUT2D eigenvalue weighted by Crippen LogP contribution is 1.94. The highest BCUT2D eigenvalue weighted by Gasteiger charge is 2.29. The zero-order valence-electron chi connectivity index (χ0n) is 8.85. The topological polar surface area (TPSA) is 98.7 Å². The van der Waals surface area contributed by atoms with Gasteiger partial charge in [-0.15, -0.1) is 13.2 Å². The van der Waals surface area contributed by atoms with Gasteiger partial charge in [-0.1, -0.05) is 12.2 Å². The maximum Gasteiger partial charge on any atom is 0.252 e. The third-order valence-corrected chi connectivity index (χ3v) is 1.68. The maximum absolute atomic E-state index is 11.2. The molecule has 0 unspecified atom stereocenters. The molecule has 2 amide bonds. The molecule has 0 fully saturated rings. The summed E-state index contributed by atoms with van der Waals surface area (Å²) in [7, 11) is 0. The molecule has 0 aromatic rings. The van der Waals surface area contributed by atoms with Crippen molar-refractivity contribution in [3.63, 3.8) is 0 Å². The summed E-state index contributed by atoms with van der Waals surface area (Å²) in [5, 5.41) is 23.1. The van der Waals surface area contributed by atoms with Crippen molar-refractivity contribution in [2.45, 2.75) is 12.2 Å². The minimum absolute atomic E-state index is 0.150. The van der Waals surface area contributed by atoms with Gasteiger partial charge in [0.05, 0.1) is 0 Å². The third-order valence-electron chi connectivity index (χ3n) is 1.68. The van der Waals surface area contributed by atoms with Crippen molar-refractivity contribution in [3.8, 4) is 0 Å². The number of hydrogen-bond acceptors (Lipinski definition) is 4. The fourth-order valence-electron chi connectivity index (χ4n) is 0.841. The van der Waals surface area contributed by atoms with Crippen molar-refractivity contribution in [3.05, 3.63) is 25.3 Å². The van der Waals surface area contributed by atoms with Crippen molar-refractivity contribution in [2.75, 3.05) is 13.1 Å². The summed E-state index contributed by atoms with van der Waals surface area (Å²) in [6.45, 7) is 7.03. The van der Waals surface area contributed by atoms with Crippen LogP contribution in [0.4, 0.5) is 0 Å². The van der Waals surface area contributed by atoms with Crippen molar-refractivity contribution in [1.82, 2.24) is 10.6 Å². The molecule has 6 nitrogen and oxygen atoms in total. The average Bonchev–Trinajstić information content (AvgIpc) is 2.30. The Morgan fingerprint density at radius 3 is 1.56 bits per heavy atom. The van der Waals surface area contributed by atoms with Crippen LogP contribution in [0.15, 0.2) is 25.3 Å². The number of aliphatic hydroxyl groups is 2. The molecule has 0 aliphatic rings. The van der Waals surface area contributed by atoms with E-state index < -0.39 is 24.0 Å². The molecule has 0 radical (unpaired) electrons. The third kappa shape index (κ3) is 4.72. The molecule has 0 spiro atoms. The van der Waals surface area contributed by atoms with Crippen LogP contribution >= 0.6 is 0 Å². The molecule has 0 saturated heterocycles. The van der Waals surface area contributed by atoms with E-state index in [1.165, 1.54) is 12.2 Å². The lowest BCUT2D eigenvalue weighted by Gasteiger charge is -2.16. The van der Waals surface area contributed by atoms with Crippen LogP contribution in [-0.2, 0) is 9.59 Å². The van der Waals surface area contributed by atoms with E-state index in [0.717, 1.165) is 0 Å². The molecular weight excluding hydrogens is 212 g/mol. The summed E-state index contributed by atoms with van der Waals surface area (Å²) in [6, 6.07) is 0. The van der Waals surface area contributed by atoms with E-state index in [1.807, 2.05) is 0 Å². The van der Waals surface area contributed by atoms with Crippen LogP contribution in [-0.4, -0.2) is 47.3 Å². The van der Waals surface area contributed by atoms with Gasteiger partial charge >= 0.3 is 0 Å². The van der Waals surface area contributed by atoms with Crippen LogP contribution in [0.5, 0.6) is 0 Å². The molecule has 2 atom stereocenters. The van der Waals surface area contributed by atoms with Crippen LogP contribution in [0.25, 0.3) is 0 Å². The lowest BCUT2D eigenvalue weighted by atomic mass is 10.2. The van der Waals surface area contributed by atoms with E-state index in [0.29, 0.717) is 0 Å².